The van der Waals surface area contributed by atoms with Crippen LogP contribution >= 0.6 is 0 Å². The molecule has 0 N–H and O–H groups in total. The molecular formula is C8H18O. The minimum absolute atomic E-state index is 0.287. The third-order valence-electron chi connectivity index (χ3n) is 0.696. The molecule has 0 spiro atoms. The third-order valence-corrected chi connectivity index (χ3v) is 0.696. The van der Waals surface area contributed by atoms with E-state index in [0.29, 0.717) is 5.92 Å². The van der Waals surface area contributed by atoms with E-state index in [1.54, 1.807) is 6.92 Å². The summed E-state index contributed by atoms with van der Waals surface area (Å²) in [5, 5.41) is 0. The Hall–Kier alpha value is -0.330. The predicted octanol–water partition coefficient (Wildman–Crippen LogP) is 2.65. The standard InChI is InChI=1S/C6H12O.C2H6/c1-5(2)4-6(3)7;1-2/h5H,4H2,1-3H3;1-2H3. The van der Waals surface area contributed by atoms with Crippen molar-refractivity contribution in [2.24, 2.45) is 5.92 Å². The van der Waals surface area contributed by atoms with Gasteiger partial charge in [-0.05, 0) is 12.8 Å². The van der Waals surface area contributed by atoms with Crippen LogP contribution in [0.3, 0.4) is 0 Å². The lowest BCUT2D eigenvalue weighted by Gasteiger charge is -1.95. The van der Waals surface area contributed by atoms with E-state index in [1.165, 1.54) is 0 Å². The lowest BCUT2D eigenvalue weighted by Crippen LogP contribution is -1.95. The van der Waals surface area contributed by atoms with Crippen LogP contribution in [0.1, 0.15) is 41.0 Å². The Morgan fingerprint density at radius 1 is 1.33 bits per heavy atom. The van der Waals surface area contributed by atoms with E-state index in [9.17, 15) is 4.79 Å². The summed E-state index contributed by atoms with van der Waals surface area (Å²) < 4.78 is 0. The van der Waals surface area contributed by atoms with E-state index >= 15 is 0 Å². The van der Waals surface area contributed by atoms with Gasteiger partial charge in [0.25, 0.3) is 0 Å². The van der Waals surface area contributed by atoms with E-state index < -0.39 is 0 Å². The lowest BCUT2D eigenvalue weighted by molar-refractivity contribution is -0.117. The van der Waals surface area contributed by atoms with Gasteiger partial charge in [0.2, 0.25) is 0 Å². The van der Waals surface area contributed by atoms with E-state index in [4.69, 9.17) is 0 Å². The summed E-state index contributed by atoms with van der Waals surface area (Å²) in [6, 6.07) is 0. The first-order valence-corrected chi connectivity index (χ1v) is 3.62. The van der Waals surface area contributed by atoms with Gasteiger partial charge < -0.3 is 4.79 Å². The molecule has 0 saturated heterocycles. The van der Waals surface area contributed by atoms with E-state index in [0.717, 1.165) is 6.42 Å². The molecule has 0 heterocycles. The van der Waals surface area contributed by atoms with Gasteiger partial charge in [0.15, 0.2) is 0 Å². The maximum absolute atomic E-state index is 10.3. The van der Waals surface area contributed by atoms with Crippen LogP contribution in [-0.4, -0.2) is 5.78 Å². The summed E-state index contributed by atoms with van der Waals surface area (Å²) in [5.41, 5.74) is 0. The maximum Gasteiger partial charge on any atom is 0.130 e. The fraction of sp³-hybridized carbons (Fsp3) is 0.875. The smallest absolute Gasteiger partial charge is 0.130 e. The summed E-state index contributed by atoms with van der Waals surface area (Å²) in [6.07, 6.45) is 0.722. The maximum atomic E-state index is 10.3. The zero-order valence-corrected chi connectivity index (χ0v) is 7.19. The van der Waals surface area contributed by atoms with Gasteiger partial charge in [0.1, 0.15) is 5.78 Å². The quantitative estimate of drug-likeness (QED) is 0.561. The van der Waals surface area contributed by atoms with Crippen LogP contribution in [0.2, 0.25) is 0 Å². The van der Waals surface area contributed by atoms with Crippen molar-refractivity contribution in [3.05, 3.63) is 0 Å². The van der Waals surface area contributed by atoms with Gasteiger partial charge in [-0.1, -0.05) is 27.7 Å². The van der Waals surface area contributed by atoms with Gasteiger partial charge in [0.05, 0.1) is 0 Å². The van der Waals surface area contributed by atoms with Gasteiger partial charge in [-0.3, -0.25) is 0 Å². The zero-order valence-electron chi connectivity index (χ0n) is 7.19. The van der Waals surface area contributed by atoms with Crippen molar-refractivity contribution in [3.63, 3.8) is 0 Å². The average Bonchev–Trinajstić information content (AvgIpc) is 1.68. The Balaban J connectivity index is 0. The molecule has 0 aromatic carbocycles. The Morgan fingerprint density at radius 2 is 1.67 bits per heavy atom. The molecule has 0 rings (SSSR count). The highest BCUT2D eigenvalue weighted by Gasteiger charge is 1.95. The topological polar surface area (TPSA) is 17.1 Å². The predicted molar refractivity (Wildman–Crippen MR) is 41.5 cm³/mol. The third kappa shape index (κ3) is 18.3. The number of carbonyl (C=O) groups excluding carboxylic acids is 1. The number of hydrogen-bond donors (Lipinski definition) is 0. The van der Waals surface area contributed by atoms with Crippen molar-refractivity contribution in [1.29, 1.82) is 0 Å². The number of carbonyl (C=O) groups is 1. The van der Waals surface area contributed by atoms with Crippen LogP contribution < -0.4 is 0 Å². The van der Waals surface area contributed by atoms with Gasteiger partial charge in [-0.2, -0.15) is 0 Å². The molecule has 0 aliphatic rings. The van der Waals surface area contributed by atoms with Crippen LogP contribution in [0.25, 0.3) is 0 Å². The van der Waals surface area contributed by atoms with E-state index in [1.807, 2.05) is 27.7 Å². The van der Waals surface area contributed by atoms with Crippen molar-refractivity contribution in [2.45, 2.75) is 41.0 Å². The second kappa shape index (κ2) is 7.67. The summed E-state index contributed by atoms with van der Waals surface area (Å²) in [4.78, 5) is 10.3. The molecule has 0 aromatic heterocycles. The monoisotopic (exact) mass is 130 g/mol. The number of hydrogen-bond acceptors (Lipinski definition) is 1. The number of Topliss-reactive ketones (excluding diaryl/α,β-unsaturated/α-hetero) is 1. The molecular weight excluding hydrogens is 112 g/mol. The van der Waals surface area contributed by atoms with Crippen molar-refractivity contribution in [1.82, 2.24) is 0 Å². The molecule has 0 amide bonds. The molecule has 0 radical (unpaired) electrons. The van der Waals surface area contributed by atoms with Crippen molar-refractivity contribution < 1.29 is 4.79 Å². The van der Waals surface area contributed by atoms with Crippen LogP contribution in [0.15, 0.2) is 0 Å². The first-order valence-electron chi connectivity index (χ1n) is 3.62. The molecule has 0 bridgehead atoms. The summed E-state index contributed by atoms with van der Waals surface area (Å²) >= 11 is 0. The summed E-state index contributed by atoms with van der Waals surface area (Å²) in [6.45, 7) is 9.71. The molecule has 0 aliphatic carbocycles. The Bertz CT molecular complexity index is 65.0. The van der Waals surface area contributed by atoms with Crippen LogP contribution in [-0.2, 0) is 4.79 Å². The lowest BCUT2D eigenvalue weighted by atomic mass is 10.1. The van der Waals surface area contributed by atoms with Gasteiger partial charge >= 0.3 is 0 Å². The normalized spacial score (nSPS) is 8.22. The molecule has 0 unspecified atom stereocenters. The zero-order chi connectivity index (χ0) is 7.86. The molecule has 0 saturated carbocycles. The van der Waals surface area contributed by atoms with Gasteiger partial charge in [0, 0.05) is 6.42 Å². The molecule has 56 valence electrons. The molecule has 0 aliphatic heterocycles. The second-order valence-electron chi connectivity index (χ2n) is 2.30. The first-order chi connectivity index (χ1) is 4.13. The largest absolute Gasteiger partial charge is 0.300 e. The van der Waals surface area contributed by atoms with E-state index in [2.05, 4.69) is 0 Å². The highest BCUT2D eigenvalue weighted by Crippen LogP contribution is 1.97. The first kappa shape index (κ1) is 11.5. The highest BCUT2D eigenvalue weighted by atomic mass is 16.1. The second-order valence-corrected chi connectivity index (χ2v) is 2.30. The van der Waals surface area contributed by atoms with Crippen molar-refractivity contribution in [2.75, 3.05) is 0 Å². The molecule has 1 heteroatoms. The van der Waals surface area contributed by atoms with Crippen LogP contribution in [0.5, 0.6) is 0 Å². The molecule has 0 atom stereocenters. The van der Waals surface area contributed by atoms with Crippen molar-refractivity contribution >= 4 is 5.78 Å². The molecule has 1 nitrogen and oxygen atoms in total. The fourth-order valence-electron chi connectivity index (χ4n) is 0.575. The Kier molecular flexibility index (Phi) is 9.77. The molecule has 9 heavy (non-hydrogen) atoms. The van der Waals surface area contributed by atoms with Gasteiger partial charge in [-0.25, -0.2) is 0 Å². The average molecular weight is 130 g/mol. The van der Waals surface area contributed by atoms with Crippen LogP contribution in [0.4, 0.5) is 0 Å². The van der Waals surface area contributed by atoms with E-state index in [-0.39, 0.29) is 5.78 Å². The summed E-state index contributed by atoms with van der Waals surface area (Å²) in [7, 11) is 0. The SMILES string of the molecule is CC.CC(=O)CC(C)C. The Labute approximate surface area is 58.5 Å². The van der Waals surface area contributed by atoms with Crippen LogP contribution in [0, 0.1) is 5.92 Å². The number of rotatable bonds is 2. The Morgan fingerprint density at radius 3 is 1.67 bits per heavy atom. The fourth-order valence-corrected chi connectivity index (χ4v) is 0.575. The molecule has 0 aromatic rings. The number of ketones is 1. The molecule has 0 fully saturated rings. The summed E-state index contributed by atoms with van der Waals surface area (Å²) in [5.74, 6) is 0.813. The van der Waals surface area contributed by atoms with Gasteiger partial charge in [-0.15, -0.1) is 0 Å². The van der Waals surface area contributed by atoms with Crippen molar-refractivity contribution in [3.8, 4) is 0 Å². The highest BCUT2D eigenvalue weighted by molar-refractivity contribution is 5.75. The minimum Gasteiger partial charge on any atom is -0.300 e. The minimum atomic E-state index is 0.287.